The molecule has 0 aromatic carbocycles. The van der Waals surface area contributed by atoms with Gasteiger partial charge in [0, 0.05) is 6.42 Å². The first kappa shape index (κ1) is 34.9. The molecule has 0 heterocycles. The lowest BCUT2D eigenvalue weighted by Crippen LogP contribution is -2.21. The Hall–Kier alpha value is -1.06. The predicted molar refractivity (Wildman–Crippen MR) is 153 cm³/mol. The number of ether oxygens (including phenoxy) is 1. The van der Waals surface area contributed by atoms with Crippen molar-refractivity contribution >= 4 is 11.9 Å². The van der Waals surface area contributed by atoms with Crippen LogP contribution in [0.3, 0.4) is 0 Å². The van der Waals surface area contributed by atoms with Crippen LogP contribution in [0.25, 0.3) is 0 Å². The second-order valence-electron chi connectivity index (χ2n) is 12.0. The van der Waals surface area contributed by atoms with Gasteiger partial charge in [-0.25, -0.2) is 0 Å². The van der Waals surface area contributed by atoms with Crippen molar-refractivity contribution in [2.24, 2.45) is 11.8 Å². The van der Waals surface area contributed by atoms with Gasteiger partial charge in [0.05, 0.1) is 6.42 Å². The third kappa shape index (κ3) is 27.5. The number of carbonyl (C=O) groups is 2. The van der Waals surface area contributed by atoms with Crippen molar-refractivity contribution in [3.8, 4) is 0 Å². The normalized spacial score (nSPS) is 12.4. The summed E-state index contributed by atoms with van der Waals surface area (Å²) in [6.45, 7) is 9.17. The molecule has 0 rings (SSSR count). The van der Waals surface area contributed by atoms with Gasteiger partial charge in [0.2, 0.25) is 0 Å². The molecule has 0 saturated heterocycles. The first-order valence-corrected chi connectivity index (χ1v) is 15.7. The van der Waals surface area contributed by atoms with Crippen LogP contribution in [-0.2, 0) is 14.3 Å². The van der Waals surface area contributed by atoms with E-state index >= 15 is 0 Å². The van der Waals surface area contributed by atoms with Gasteiger partial charge in [-0.3, -0.25) is 9.59 Å². The molecule has 214 valence electrons. The van der Waals surface area contributed by atoms with Crippen LogP contribution in [0.4, 0.5) is 0 Å². The van der Waals surface area contributed by atoms with E-state index in [-0.39, 0.29) is 12.4 Å². The maximum Gasteiger partial charge on any atom is 0.307 e. The van der Waals surface area contributed by atoms with Gasteiger partial charge in [0.25, 0.3) is 0 Å². The molecule has 0 radical (unpaired) electrons. The number of carbonyl (C=O) groups excluding carboxylic acids is 1. The van der Waals surface area contributed by atoms with Crippen molar-refractivity contribution in [3.63, 3.8) is 0 Å². The van der Waals surface area contributed by atoms with Gasteiger partial charge in [-0.2, -0.15) is 0 Å². The van der Waals surface area contributed by atoms with Gasteiger partial charge in [0.1, 0.15) is 6.10 Å². The number of unbranched alkanes of at least 4 members (excludes halogenated alkanes) is 16. The van der Waals surface area contributed by atoms with Crippen LogP contribution in [0, 0.1) is 11.8 Å². The summed E-state index contributed by atoms with van der Waals surface area (Å²) in [6.07, 6.45) is 25.5. The van der Waals surface area contributed by atoms with E-state index in [1.165, 1.54) is 103 Å². The molecule has 1 atom stereocenters. The molecule has 0 aromatic heterocycles. The molecule has 1 unspecified atom stereocenters. The van der Waals surface area contributed by atoms with E-state index in [4.69, 9.17) is 4.74 Å². The van der Waals surface area contributed by atoms with Crippen LogP contribution in [0.15, 0.2) is 0 Å². The van der Waals surface area contributed by atoms with Crippen molar-refractivity contribution in [1.82, 2.24) is 0 Å². The minimum absolute atomic E-state index is 0.0702. The second-order valence-corrected chi connectivity index (χ2v) is 12.0. The lowest BCUT2D eigenvalue weighted by atomic mass is 10.0. The predicted octanol–water partition coefficient (Wildman–Crippen LogP) is 10.3. The highest BCUT2D eigenvalue weighted by molar-refractivity contribution is 5.71. The van der Waals surface area contributed by atoms with Crippen LogP contribution in [-0.4, -0.2) is 23.1 Å². The van der Waals surface area contributed by atoms with E-state index in [9.17, 15) is 14.7 Å². The number of aliphatic carboxylic acids is 1. The molecule has 0 aliphatic rings. The summed E-state index contributed by atoms with van der Waals surface area (Å²) in [5.74, 6) is 0.548. The van der Waals surface area contributed by atoms with Crippen LogP contribution >= 0.6 is 0 Å². The fraction of sp³-hybridized carbons (Fsp3) is 0.938. The minimum Gasteiger partial charge on any atom is -0.481 e. The largest absolute Gasteiger partial charge is 0.481 e. The molecule has 0 fully saturated rings. The molecule has 1 N–H and O–H groups in total. The van der Waals surface area contributed by atoms with Crippen LogP contribution < -0.4 is 0 Å². The highest BCUT2D eigenvalue weighted by atomic mass is 16.5. The maximum absolute atomic E-state index is 12.2. The first-order chi connectivity index (χ1) is 17.3. The third-order valence-corrected chi connectivity index (χ3v) is 7.17. The summed E-state index contributed by atoms with van der Waals surface area (Å²) < 4.78 is 5.54. The summed E-state index contributed by atoms with van der Waals surface area (Å²) in [5, 5.41) is 9.19. The number of rotatable bonds is 27. The Bertz CT molecular complexity index is 500. The number of hydrogen-bond acceptors (Lipinski definition) is 3. The Morgan fingerprint density at radius 2 is 0.861 bits per heavy atom. The molecule has 0 spiro atoms. The Labute approximate surface area is 224 Å². The molecule has 0 aromatic rings. The molecule has 0 aliphatic heterocycles. The Morgan fingerprint density at radius 1 is 0.528 bits per heavy atom. The van der Waals surface area contributed by atoms with E-state index in [0.717, 1.165) is 37.5 Å². The Morgan fingerprint density at radius 3 is 1.22 bits per heavy atom. The van der Waals surface area contributed by atoms with E-state index in [1.54, 1.807) is 0 Å². The summed E-state index contributed by atoms with van der Waals surface area (Å²) in [4.78, 5) is 23.4. The van der Waals surface area contributed by atoms with Crippen LogP contribution in [0.2, 0.25) is 0 Å². The lowest BCUT2D eigenvalue weighted by Gasteiger charge is -2.16. The van der Waals surface area contributed by atoms with Crippen molar-refractivity contribution in [2.75, 3.05) is 0 Å². The Kier molecular flexibility index (Phi) is 24.8. The number of carboxylic acid groups (broad SMARTS) is 1. The molecule has 0 amide bonds. The lowest BCUT2D eigenvalue weighted by molar-refractivity contribution is -0.153. The molecule has 36 heavy (non-hydrogen) atoms. The SMILES string of the molecule is CC(C)CCCCCCCCCCCC(=O)OC(CCCCCCCCCCCC(C)C)CC(=O)O. The molecule has 4 heteroatoms. The van der Waals surface area contributed by atoms with Crippen molar-refractivity contribution in [1.29, 1.82) is 0 Å². The van der Waals surface area contributed by atoms with Crippen LogP contribution in [0.5, 0.6) is 0 Å². The zero-order valence-electron chi connectivity index (χ0n) is 24.7. The van der Waals surface area contributed by atoms with Gasteiger partial charge in [-0.1, -0.05) is 143 Å². The highest BCUT2D eigenvalue weighted by Crippen LogP contribution is 2.17. The van der Waals surface area contributed by atoms with Gasteiger partial charge >= 0.3 is 11.9 Å². The fourth-order valence-corrected chi connectivity index (χ4v) is 4.86. The van der Waals surface area contributed by atoms with E-state index < -0.39 is 12.1 Å². The number of carboxylic acids is 1. The highest BCUT2D eigenvalue weighted by Gasteiger charge is 2.17. The van der Waals surface area contributed by atoms with E-state index in [2.05, 4.69) is 27.7 Å². The zero-order valence-corrected chi connectivity index (χ0v) is 24.7. The summed E-state index contributed by atoms with van der Waals surface area (Å²) in [5.41, 5.74) is 0. The quantitative estimate of drug-likeness (QED) is 0.0881. The smallest absolute Gasteiger partial charge is 0.307 e. The number of hydrogen-bond donors (Lipinski definition) is 1. The van der Waals surface area contributed by atoms with Crippen LogP contribution in [0.1, 0.15) is 175 Å². The zero-order chi connectivity index (χ0) is 26.9. The molecule has 4 nitrogen and oxygen atoms in total. The summed E-state index contributed by atoms with van der Waals surface area (Å²) >= 11 is 0. The average molecular weight is 511 g/mol. The second kappa shape index (κ2) is 25.6. The topological polar surface area (TPSA) is 63.6 Å². The monoisotopic (exact) mass is 510 g/mol. The third-order valence-electron chi connectivity index (χ3n) is 7.17. The molecule has 0 aliphatic carbocycles. The first-order valence-electron chi connectivity index (χ1n) is 15.7. The van der Waals surface area contributed by atoms with Gasteiger partial charge in [-0.15, -0.1) is 0 Å². The summed E-state index contributed by atoms with van der Waals surface area (Å²) in [7, 11) is 0. The number of esters is 1. The molecule has 0 saturated carbocycles. The minimum atomic E-state index is -0.880. The van der Waals surface area contributed by atoms with Gasteiger partial charge in [-0.05, 0) is 31.1 Å². The average Bonchev–Trinajstić information content (AvgIpc) is 2.80. The molecular weight excluding hydrogens is 448 g/mol. The van der Waals surface area contributed by atoms with E-state index in [1.807, 2.05) is 0 Å². The summed E-state index contributed by atoms with van der Waals surface area (Å²) in [6, 6.07) is 0. The molecule has 0 bridgehead atoms. The standard InChI is InChI=1S/C32H62O4/c1-28(2)23-19-15-11-7-5-9-13-17-21-25-30(27-31(33)34)36-32(35)26-22-18-14-10-6-8-12-16-20-24-29(3)4/h28-30H,5-27H2,1-4H3,(H,33,34). The van der Waals surface area contributed by atoms with Crippen molar-refractivity contribution in [3.05, 3.63) is 0 Å². The Balaban J connectivity index is 3.70. The maximum atomic E-state index is 12.2. The van der Waals surface area contributed by atoms with Gasteiger partial charge < -0.3 is 9.84 Å². The van der Waals surface area contributed by atoms with Crippen molar-refractivity contribution in [2.45, 2.75) is 181 Å². The van der Waals surface area contributed by atoms with Gasteiger partial charge in [0.15, 0.2) is 0 Å². The van der Waals surface area contributed by atoms with Crippen molar-refractivity contribution < 1.29 is 19.4 Å². The fourth-order valence-electron chi connectivity index (χ4n) is 4.86. The van der Waals surface area contributed by atoms with E-state index in [0.29, 0.717) is 12.8 Å². The molecular formula is C32H62O4.